The number of aryl methyl sites for hydroxylation is 1. The van der Waals surface area contributed by atoms with Crippen molar-refractivity contribution in [1.82, 2.24) is 4.72 Å². The van der Waals surface area contributed by atoms with Crippen LogP contribution in [0.4, 0.5) is 0 Å². The van der Waals surface area contributed by atoms with E-state index in [0.29, 0.717) is 10.8 Å². The molecule has 1 unspecified atom stereocenters. The highest BCUT2D eigenvalue weighted by molar-refractivity contribution is 7.89. The Morgan fingerprint density at radius 1 is 1.29 bits per heavy atom. The van der Waals surface area contributed by atoms with Crippen LogP contribution in [-0.4, -0.2) is 20.3 Å². The number of rotatable bonds is 6. The molecule has 5 heteroatoms. The van der Waals surface area contributed by atoms with Crippen LogP contribution in [0.5, 0.6) is 0 Å². The summed E-state index contributed by atoms with van der Waals surface area (Å²) in [4.78, 5) is 0.306. The molecule has 3 nitrogen and oxygen atoms in total. The maximum absolute atomic E-state index is 12.0. The quantitative estimate of drug-likeness (QED) is 0.812. The molecule has 96 valence electrons. The van der Waals surface area contributed by atoms with Crippen molar-refractivity contribution in [1.29, 1.82) is 0 Å². The molecule has 0 bridgehead atoms. The Morgan fingerprint density at radius 2 is 1.88 bits per heavy atom. The second-order valence-electron chi connectivity index (χ2n) is 4.17. The number of hydrogen-bond acceptors (Lipinski definition) is 2. The topological polar surface area (TPSA) is 46.2 Å². The molecular weight excluding hydrogens is 258 g/mol. The minimum Gasteiger partial charge on any atom is -0.208 e. The highest BCUT2D eigenvalue weighted by Gasteiger charge is 2.16. The maximum Gasteiger partial charge on any atom is 0.240 e. The molecule has 0 aliphatic rings. The molecular formula is C12H18ClNO2S. The molecule has 0 fully saturated rings. The lowest BCUT2D eigenvalue weighted by molar-refractivity contribution is 0.544. The molecule has 0 aliphatic heterocycles. The van der Waals surface area contributed by atoms with Gasteiger partial charge in [0.1, 0.15) is 0 Å². The molecule has 1 rings (SSSR count). The van der Waals surface area contributed by atoms with Crippen LogP contribution in [0.25, 0.3) is 0 Å². The van der Waals surface area contributed by atoms with Crippen molar-refractivity contribution in [3.63, 3.8) is 0 Å². The summed E-state index contributed by atoms with van der Waals surface area (Å²) in [6.45, 7) is 3.77. The highest BCUT2D eigenvalue weighted by Crippen LogP contribution is 2.11. The van der Waals surface area contributed by atoms with E-state index in [4.69, 9.17) is 11.6 Å². The van der Waals surface area contributed by atoms with Gasteiger partial charge >= 0.3 is 0 Å². The Bertz CT molecular complexity index is 442. The average molecular weight is 276 g/mol. The summed E-state index contributed by atoms with van der Waals surface area (Å²) in [5.41, 5.74) is 1.04. The number of nitrogens with one attached hydrogen (secondary N) is 1. The van der Waals surface area contributed by atoms with Gasteiger partial charge in [0, 0.05) is 11.9 Å². The lowest BCUT2D eigenvalue weighted by Crippen LogP contribution is -2.32. The van der Waals surface area contributed by atoms with Crippen LogP contribution in [0.1, 0.15) is 25.3 Å². The average Bonchev–Trinajstić information content (AvgIpc) is 2.26. The third-order valence-electron chi connectivity index (χ3n) is 2.46. The first kappa shape index (κ1) is 14.5. The Balaban J connectivity index is 2.71. The van der Waals surface area contributed by atoms with Gasteiger partial charge in [0.25, 0.3) is 0 Å². The second-order valence-corrected chi connectivity index (χ2v) is 6.26. The van der Waals surface area contributed by atoms with Crippen LogP contribution in [0, 0.1) is 6.92 Å². The molecule has 0 saturated carbocycles. The van der Waals surface area contributed by atoms with Crippen molar-refractivity contribution in [2.45, 2.75) is 37.6 Å². The van der Waals surface area contributed by atoms with E-state index in [0.717, 1.165) is 18.4 Å². The first-order valence-corrected chi connectivity index (χ1v) is 7.62. The van der Waals surface area contributed by atoms with Gasteiger partial charge in [-0.2, -0.15) is 0 Å². The zero-order valence-corrected chi connectivity index (χ0v) is 11.7. The third kappa shape index (κ3) is 4.66. The lowest BCUT2D eigenvalue weighted by Gasteiger charge is -2.13. The van der Waals surface area contributed by atoms with Gasteiger partial charge in [-0.3, -0.25) is 0 Å². The largest absolute Gasteiger partial charge is 0.240 e. The van der Waals surface area contributed by atoms with Crippen molar-refractivity contribution < 1.29 is 8.42 Å². The fourth-order valence-corrected chi connectivity index (χ4v) is 2.92. The van der Waals surface area contributed by atoms with Gasteiger partial charge in [0.2, 0.25) is 10.0 Å². The summed E-state index contributed by atoms with van der Waals surface area (Å²) >= 11 is 5.57. The molecule has 0 radical (unpaired) electrons. The highest BCUT2D eigenvalue weighted by atomic mass is 35.5. The molecule has 1 atom stereocenters. The molecule has 0 aliphatic carbocycles. The summed E-state index contributed by atoms with van der Waals surface area (Å²) < 4.78 is 26.6. The van der Waals surface area contributed by atoms with Crippen molar-refractivity contribution >= 4 is 21.6 Å². The normalized spacial score (nSPS) is 13.6. The Labute approximate surface area is 108 Å². The number of halogens is 1. The van der Waals surface area contributed by atoms with Crippen molar-refractivity contribution in [3.05, 3.63) is 29.8 Å². The first-order chi connectivity index (χ1) is 7.95. The summed E-state index contributed by atoms with van der Waals surface area (Å²) in [5.74, 6) is 0.552. The van der Waals surface area contributed by atoms with E-state index in [-0.39, 0.29) is 6.04 Å². The van der Waals surface area contributed by atoms with E-state index < -0.39 is 10.0 Å². The van der Waals surface area contributed by atoms with Crippen LogP contribution in [-0.2, 0) is 10.0 Å². The van der Waals surface area contributed by atoms with Gasteiger partial charge in [-0.05, 0) is 38.8 Å². The Morgan fingerprint density at radius 3 is 2.41 bits per heavy atom. The monoisotopic (exact) mass is 275 g/mol. The summed E-state index contributed by atoms with van der Waals surface area (Å²) in [6.07, 6.45) is 1.55. The molecule has 1 N–H and O–H groups in total. The minimum absolute atomic E-state index is 0.0972. The molecule has 0 saturated heterocycles. The molecule has 0 amide bonds. The smallest absolute Gasteiger partial charge is 0.208 e. The first-order valence-electron chi connectivity index (χ1n) is 5.60. The van der Waals surface area contributed by atoms with Crippen LogP contribution in [0.15, 0.2) is 29.2 Å². The third-order valence-corrected chi connectivity index (χ3v) is 4.33. The zero-order valence-electron chi connectivity index (χ0n) is 10.1. The number of sulfonamides is 1. The molecule has 1 aromatic carbocycles. The summed E-state index contributed by atoms with van der Waals surface area (Å²) in [5, 5.41) is 0. The van der Waals surface area contributed by atoms with Crippen molar-refractivity contribution in [2.75, 3.05) is 5.88 Å². The Kier molecular flexibility index (Phi) is 5.43. The van der Waals surface area contributed by atoms with Gasteiger partial charge in [-0.25, -0.2) is 13.1 Å². The lowest BCUT2D eigenvalue weighted by atomic mass is 10.2. The van der Waals surface area contributed by atoms with E-state index in [2.05, 4.69) is 4.72 Å². The van der Waals surface area contributed by atoms with Crippen LogP contribution >= 0.6 is 11.6 Å². The minimum atomic E-state index is -3.40. The summed E-state index contributed by atoms with van der Waals surface area (Å²) in [7, 11) is -3.40. The van der Waals surface area contributed by atoms with Gasteiger partial charge in [-0.15, -0.1) is 11.6 Å². The standard InChI is InChI=1S/C12H18ClNO2S/c1-10-5-7-12(8-6-10)17(15,16)14-11(2)4-3-9-13/h5-8,11,14H,3-4,9H2,1-2H3. The predicted octanol–water partition coefficient (Wildman–Crippen LogP) is 2.68. The zero-order chi connectivity index (χ0) is 12.9. The molecule has 17 heavy (non-hydrogen) atoms. The van der Waals surface area contributed by atoms with Crippen molar-refractivity contribution in [3.8, 4) is 0 Å². The van der Waals surface area contributed by atoms with E-state index in [9.17, 15) is 8.42 Å². The fourth-order valence-electron chi connectivity index (χ4n) is 1.49. The van der Waals surface area contributed by atoms with E-state index in [1.165, 1.54) is 0 Å². The van der Waals surface area contributed by atoms with Crippen molar-refractivity contribution in [2.24, 2.45) is 0 Å². The predicted molar refractivity (Wildman–Crippen MR) is 70.9 cm³/mol. The van der Waals surface area contributed by atoms with E-state index in [1.807, 2.05) is 13.8 Å². The van der Waals surface area contributed by atoms with Crippen LogP contribution < -0.4 is 4.72 Å². The van der Waals surface area contributed by atoms with E-state index in [1.54, 1.807) is 24.3 Å². The number of alkyl halides is 1. The SMILES string of the molecule is Cc1ccc(S(=O)(=O)NC(C)CCCCl)cc1. The molecule has 1 aromatic rings. The van der Waals surface area contributed by atoms with E-state index >= 15 is 0 Å². The number of hydrogen-bond donors (Lipinski definition) is 1. The van der Waals surface area contributed by atoms with Gasteiger partial charge in [0.15, 0.2) is 0 Å². The van der Waals surface area contributed by atoms with Gasteiger partial charge in [0.05, 0.1) is 4.90 Å². The maximum atomic E-state index is 12.0. The molecule has 0 aromatic heterocycles. The summed E-state index contributed by atoms with van der Waals surface area (Å²) in [6, 6.07) is 6.72. The molecule has 0 heterocycles. The van der Waals surface area contributed by atoms with Crippen LogP contribution in [0.2, 0.25) is 0 Å². The second kappa shape index (κ2) is 6.38. The Hall–Kier alpha value is -0.580. The van der Waals surface area contributed by atoms with Gasteiger partial charge < -0.3 is 0 Å². The fraction of sp³-hybridized carbons (Fsp3) is 0.500. The van der Waals surface area contributed by atoms with Gasteiger partial charge in [-0.1, -0.05) is 17.7 Å². The number of benzene rings is 1. The van der Waals surface area contributed by atoms with Crippen LogP contribution in [0.3, 0.4) is 0 Å². The molecule has 0 spiro atoms.